The molecule has 2 amide bonds. The van der Waals surface area contributed by atoms with Gasteiger partial charge >= 0.3 is 12.0 Å². The van der Waals surface area contributed by atoms with E-state index in [-0.39, 0.29) is 6.03 Å². The Labute approximate surface area is 120 Å². The van der Waals surface area contributed by atoms with E-state index in [0.29, 0.717) is 25.3 Å². The van der Waals surface area contributed by atoms with E-state index in [1.807, 2.05) is 11.8 Å². The van der Waals surface area contributed by atoms with E-state index in [0.717, 1.165) is 38.8 Å². The molecule has 2 unspecified atom stereocenters. The quantitative estimate of drug-likeness (QED) is 0.862. The standard InChI is InChI=1S/C15H26N2O3/c1-3-7-15(13(18)19)8-5-9-17(15)14(20)16-10-6-12(4-2)11-16/h12H,3-11H2,1-2H3,(H,18,19). The molecule has 2 saturated heterocycles. The number of rotatable bonds is 4. The van der Waals surface area contributed by atoms with Gasteiger partial charge in [-0.25, -0.2) is 9.59 Å². The van der Waals surface area contributed by atoms with Crippen molar-refractivity contribution >= 4 is 12.0 Å². The highest BCUT2D eigenvalue weighted by atomic mass is 16.4. The van der Waals surface area contributed by atoms with Gasteiger partial charge in [-0.15, -0.1) is 0 Å². The first kappa shape index (κ1) is 15.1. The van der Waals surface area contributed by atoms with E-state index < -0.39 is 11.5 Å². The molecule has 5 nitrogen and oxygen atoms in total. The molecule has 0 saturated carbocycles. The molecule has 5 heteroatoms. The Morgan fingerprint density at radius 3 is 2.60 bits per heavy atom. The van der Waals surface area contributed by atoms with Crippen molar-refractivity contribution in [2.75, 3.05) is 19.6 Å². The van der Waals surface area contributed by atoms with Crippen molar-refractivity contribution in [1.82, 2.24) is 9.80 Å². The highest BCUT2D eigenvalue weighted by Gasteiger charge is 2.50. The van der Waals surface area contributed by atoms with Gasteiger partial charge in [0.25, 0.3) is 0 Å². The number of amides is 2. The van der Waals surface area contributed by atoms with Crippen LogP contribution in [0.3, 0.4) is 0 Å². The van der Waals surface area contributed by atoms with Crippen LogP contribution >= 0.6 is 0 Å². The topological polar surface area (TPSA) is 60.9 Å². The molecule has 2 fully saturated rings. The predicted octanol–water partition coefficient (Wildman–Crippen LogP) is 2.56. The molecular formula is C15H26N2O3. The maximum Gasteiger partial charge on any atom is 0.329 e. The lowest BCUT2D eigenvalue weighted by atomic mass is 9.91. The Kier molecular flexibility index (Phi) is 4.55. The summed E-state index contributed by atoms with van der Waals surface area (Å²) in [5.41, 5.74) is -0.962. The fourth-order valence-corrected chi connectivity index (χ4v) is 3.67. The Morgan fingerprint density at radius 2 is 2.05 bits per heavy atom. The van der Waals surface area contributed by atoms with E-state index in [1.54, 1.807) is 4.90 Å². The summed E-state index contributed by atoms with van der Waals surface area (Å²) >= 11 is 0. The molecule has 2 heterocycles. The first-order chi connectivity index (χ1) is 9.55. The highest BCUT2D eigenvalue weighted by molar-refractivity contribution is 5.87. The SMILES string of the molecule is CCCC1(C(=O)O)CCCN1C(=O)N1CCC(CC)C1. The van der Waals surface area contributed by atoms with Crippen LogP contribution in [0.5, 0.6) is 0 Å². The summed E-state index contributed by atoms with van der Waals surface area (Å²) < 4.78 is 0. The largest absolute Gasteiger partial charge is 0.479 e. The van der Waals surface area contributed by atoms with Crippen LogP contribution in [-0.2, 0) is 4.79 Å². The lowest BCUT2D eigenvalue weighted by Gasteiger charge is -2.37. The Hall–Kier alpha value is -1.26. The third kappa shape index (κ3) is 2.50. The second kappa shape index (κ2) is 6.02. The molecule has 2 rings (SSSR count). The van der Waals surface area contributed by atoms with Gasteiger partial charge in [0.1, 0.15) is 5.54 Å². The molecule has 0 aromatic carbocycles. The molecule has 0 bridgehead atoms. The lowest BCUT2D eigenvalue weighted by molar-refractivity contribution is -0.148. The zero-order chi connectivity index (χ0) is 14.8. The molecule has 20 heavy (non-hydrogen) atoms. The molecule has 0 spiro atoms. The summed E-state index contributed by atoms with van der Waals surface area (Å²) in [5, 5.41) is 9.64. The summed E-state index contributed by atoms with van der Waals surface area (Å²) in [6, 6.07) is -0.0608. The van der Waals surface area contributed by atoms with Crippen LogP contribution in [0.2, 0.25) is 0 Å². The smallest absolute Gasteiger partial charge is 0.329 e. The van der Waals surface area contributed by atoms with Crippen molar-refractivity contribution in [1.29, 1.82) is 0 Å². The molecule has 0 aliphatic carbocycles. The number of carboxylic acids is 1. The van der Waals surface area contributed by atoms with Gasteiger partial charge in [0.2, 0.25) is 0 Å². The van der Waals surface area contributed by atoms with Gasteiger partial charge in [-0.1, -0.05) is 26.7 Å². The molecule has 114 valence electrons. The molecule has 2 atom stereocenters. The zero-order valence-electron chi connectivity index (χ0n) is 12.6. The van der Waals surface area contributed by atoms with Gasteiger partial charge in [-0.05, 0) is 31.6 Å². The minimum atomic E-state index is -0.962. The van der Waals surface area contributed by atoms with Crippen LogP contribution < -0.4 is 0 Å². The molecule has 0 radical (unpaired) electrons. The zero-order valence-corrected chi connectivity index (χ0v) is 12.6. The normalized spacial score (nSPS) is 30.0. The summed E-state index contributed by atoms with van der Waals surface area (Å²) in [5.74, 6) is -0.261. The molecular weight excluding hydrogens is 256 g/mol. The predicted molar refractivity (Wildman–Crippen MR) is 76.6 cm³/mol. The Balaban J connectivity index is 2.13. The van der Waals surface area contributed by atoms with Crippen LogP contribution in [-0.4, -0.2) is 52.1 Å². The summed E-state index contributed by atoms with van der Waals surface area (Å²) in [4.78, 5) is 27.9. The van der Waals surface area contributed by atoms with E-state index >= 15 is 0 Å². The third-order valence-electron chi connectivity index (χ3n) is 4.92. The second-order valence-electron chi connectivity index (χ2n) is 6.13. The van der Waals surface area contributed by atoms with Crippen molar-refractivity contribution in [3.8, 4) is 0 Å². The van der Waals surface area contributed by atoms with Crippen LogP contribution in [0.4, 0.5) is 4.79 Å². The fourth-order valence-electron chi connectivity index (χ4n) is 3.67. The van der Waals surface area contributed by atoms with Crippen molar-refractivity contribution in [2.45, 2.75) is 57.9 Å². The van der Waals surface area contributed by atoms with Crippen LogP contribution in [0, 0.1) is 5.92 Å². The van der Waals surface area contributed by atoms with Crippen molar-refractivity contribution in [3.63, 3.8) is 0 Å². The van der Waals surface area contributed by atoms with Gasteiger partial charge in [0, 0.05) is 19.6 Å². The van der Waals surface area contributed by atoms with E-state index in [4.69, 9.17) is 0 Å². The number of urea groups is 1. The number of hydrogen-bond donors (Lipinski definition) is 1. The Morgan fingerprint density at radius 1 is 1.30 bits per heavy atom. The summed E-state index contributed by atoms with van der Waals surface area (Å²) in [7, 11) is 0. The van der Waals surface area contributed by atoms with Gasteiger partial charge in [0.15, 0.2) is 0 Å². The van der Waals surface area contributed by atoms with Crippen LogP contribution in [0.15, 0.2) is 0 Å². The first-order valence-corrected chi connectivity index (χ1v) is 7.85. The number of aliphatic carboxylic acids is 1. The maximum atomic E-state index is 12.7. The number of carboxylic acid groups (broad SMARTS) is 1. The van der Waals surface area contributed by atoms with Gasteiger partial charge in [-0.3, -0.25) is 0 Å². The second-order valence-corrected chi connectivity index (χ2v) is 6.13. The average molecular weight is 282 g/mol. The number of carbonyl (C=O) groups excluding carboxylic acids is 1. The van der Waals surface area contributed by atoms with E-state index in [1.165, 1.54) is 0 Å². The fraction of sp³-hybridized carbons (Fsp3) is 0.867. The molecule has 0 aromatic rings. The number of hydrogen-bond acceptors (Lipinski definition) is 2. The van der Waals surface area contributed by atoms with E-state index in [9.17, 15) is 14.7 Å². The van der Waals surface area contributed by atoms with Crippen molar-refractivity contribution < 1.29 is 14.7 Å². The van der Waals surface area contributed by atoms with E-state index in [2.05, 4.69) is 6.92 Å². The maximum absolute atomic E-state index is 12.7. The van der Waals surface area contributed by atoms with Crippen LogP contribution in [0.1, 0.15) is 52.4 Å². The van der Waals surface area contributed by atoms with Gasteiger partial charge in [-0.2, -0.15) is 0 Å². The van der Waals surface area contributed by atoms with Crippen LogP contribution in [0.25, 0.3) is 0 Å². The summed E-state index contributed by atoms with van der Waals surface area (Å²) in [6.45, 7) is 6.27. The molecule has 2 aliphatic heterocycles. The molecule has 1 N–H and O–H groups in total. The number of likely N-dealkylation sites (tertiary alicyclic amines) is 2. The Bertz CT molecular complexity index is 385. The minimum Gasteiger partial charge on any atom is -0.479 e. The summed E-state index contributed by atoms with van der Waals surface area (Å²) in [6.07, 6.45) is 4.86. The van der Waals surface area contributed by atoms with Crippen molar-refractivity contribution in [3.05, 3.63) is 0 Å². The average Bonchev–Trinajstić information content (AvgIpc) is 3.05. The van der Waals surface area contributed by atoms with Gasteiger partial charge in [0.05, 0.1) is 0 Å². The first-order valence-electron chi connectivity index (χ1n) is 7.85. The highest BCUT2D eigenvalue weighted by Crippen LogP contribution is 2.35. The number of nitrogens with zero attached hydrogens (tertiary/aromatic N) is 2. The minimum absolute atomic E-state index is 0.0608. The van der Waals surface area contributed by atoms with Gasteiger partial charge < -0.3 is 14.9 Å². The lowest BCUT2D eigenvalue weighted by Crippen LogP contribution is -2.56. The molecule has 0 aromatic heterocycles. The third-order valence-corrected chi connectivity index (χ3v) is 4.92. The number of carbonyl (C=O) groups is 2. The monoisotopic (exact) mass is 282 g/mol. The van der Waals surface area contributed by atoms with Crippen molar-refractivity contribution in [2.24, 2.45) is 5.92 Å². The molecule has 2 aliphatic rings.